The van der Waals surface area contributed by atoms with Gasteiger partial charge >= 0.3 is 18.5 Å². The van der Waals surface area contributed by atoms with Crippen LogP contribution in [0.5, 0.6) is 0 Å². The van der Waals surface area contributed by atoms with E-state index in [2.05, 4.69) is 4.84 Å². The molecule has 0 atom stereocenters. The van der Waals surface area contributed by atoms with Crippen molar-refractivity contribution in [3.05, 3.63) is 58.9 Å². The van der Waals surface area contributed by atoms with Gasteiger partial charge in [0.2, 0.25) is 0 Å². The van der Waals surface area contributed by atoms with E-state index in [4.69, 9.17) is 5.11 Å². The van der Waals surface area contributed by atoms with E-state index in [1.807, 2.05) is 0 Å². The number of carbonyl (C=O) groups excluding carboxylic acids is 1. The Balaban J connectivity index is 2.63. The molecule has 2 rings (SSSR count). The van der Waals surface area contributed by atoms with Gasteiger partial charge in [-0.05, 0) is 29.8 Å². The summed E-state index contributed by atoms with van der Waals surface area (Å²) < 4.78 is 162. The maximum absolute atomic E-state index is 14.5. The molecule has 0 saturated heterocycles. The Morgan fingerprint density at radius 2 is 1.39 bits per heavy atom. The minimum Gasteiger partial charge on any atom is -0.394 e. The number of carbonyl (C=O) groups is 1. The Hall–Kier alpha value is -3.21. The number of aliphatic hydroxyl groups is 1. The van der Waals surface area contributed by atoms with Crippen LogP contribution in [-0.2, 0) is 10.3 Å². The average Bonchev–Trinajstić information content (AvgIpc) is 2.70. The molecule has 1 amide bonds. The molecule has 0 saturated carbocycles. The molecule has 17 heteroatoms. The van der Waals surface area contributed by atoms with E-state index in [-0.39, 0.29) is 12.1 Å². The van der Waals surface area contributed by atoms with Crippen molar-refractivity contribution in [2.45, 2.75) is 23.9 Å². The first-order valence-corrected chi connectivity index (χ1v) is 9.18. The van der Waals surface area contributed by atoms with Crippen molar-refractivity contribution in [2.75, 3.05) is 18.5 Å². The molecule has 200 valence electrons. The van der Waals surface area contributed by atoms with Crippen LogP contribution < -0.4 is 10.8 Å². The van der Waals surface area contributed by atoms with Crippen molar-refractivity contribution in [1.29, 1.82) is 0 Å². The molecule has 0 bridgehead atoms. The summed E-state index contributed by atoms with van der Waals surface area (Å²) in [7, 11) is 0. The zero-order valence-electron chi connectivity index (χ0n) is 17.1. The molecule has 36 heavy (non-hydrogen) atoms. The van der Waals surface area contributed by atoms with Gasteiger partial charge in [-0.25, -0.2) is 18.7 Å². The first-order chi connectivity index (χ1) is 16.4. The molecule has 0 radical (unpaired) electrons. The fourth-order valence-corrected chi connectivity index (χ4v) is 3.04. The van der Waals surface area contributed by atoms with Gasteiger partial charge in [-0.1, -0.05) is 6.07 Å². The lowest BCUT2D eigenvalue weighted by Gasteiger charge is -2.39. The van der Waals surface area contributed by atoms with Gasteiger partial charge in [0.15, 0.2) is 11.6 Å². The van der Waals surface area contributed by atoms with Crippen LogP contribution in [0.3, 0.4) is 0 Å². The highest BCUT2D eigenvalue weighted by Crippen LogP contribution is 2.60. The number of hydrogen-bond donors (Lipinski definition) is 3. The monoisotopic (exact) mass is 544 g/mol. The largest absolute Gasteiger partial charge is 0.416 e. The van der Waals surface area contributed by atoms with Gasteiger partial charge in [0.05, 0.1) is 30.2 Å². The van der Waals surface area contributed by atoms with Gasteiger partial charge < -0.3 is 10.4 Å². The third kappa shape index (κ3) is 5.16. The van der Waals surface area contributed by atoms with Crippen LogP contribution >= 0.6 is 0 Å². The first-order valence-electron chi connectivity index (χ1n) is 9.18. The second-order valence-corrected chi connectivity index (χ2v) is 6.85. The molecule has 3 N–H and O–H groups in total. The van der Waals surface area contributed by atoms with Crippen LogP contribution in [0.25, 0.3) is 0 Å². The molecule has 2 aromatic rings. The van der Waals surface area contributed by atoms with Crippen LogP contribution in [0.2, 0.25) is 0 Å². The predicted molar refractivity (Wildman–Crippen MR) is 96.4 cm³/mol. The van der Waals surface area contributed by atoms with Gasteiger partial charge in [0, 0.05) is 0 Å². The number of amides is 1. The van der Waals surface area contributed by atoms with Crippen molar-refractivity contribution in [2.24, 2.45) is 0 Å². The summed E-state index contributed by atoms with van der Waals surface area (Å²) in [6.07, 6.45) is -21.0. The van der Waals surface area contributed by atoms with Crippen LogP contribution in [0.15, 0.2) is 30.3 Å². The number of anilines is 2. The molecule has 0 spiro atoms. The quantitative estimate of drug-likeness (QED) is 0.247. The predicted octanol–water partition coefficient (Wildman–Crippen LogP) is 5.43. The maximum Gasteiger partial charge on any atom is 0.416 e. The molecule has 2 aromatic carbocycles. The third-order valence-corrected chi connectivity index (χ3v) is 4.64. The smallest absolute Gasteiger partial charge is 0.394 e. The average molecular weight is 544 g/mol. The lowest BCUT2D eigenvalue weighted by molar-refractivity contribution is -0.387. The Labute approximate surface area is 192 Å². The molecule has 5 nitrogen and oxygen atoms in total. The zero-order chi connectivity index (χ0) is 27.7. The van der Waals surface area contributed by atoms with Crippen LogP contribution in [0, 0.1) is 17.5 Å². The second-order valence-electron chi connectivity index (χ2n) is 6.85. The number of hydrogen-bond acceptors (Lipinski definition) is 4. The normalized spacial score (nSPS) is 13.0. The highest BCUT2D eigenvalue weighted by atomic mass is 19.4. The van der Waals surface area contributed by atoms with Gasteiger partial charge in [-0.15, -0.1) is 0 Å². The Kier molecular flexibility index (Phi) is 8.09. The first kappa shape index (κ1) is 29.0. The molecule has 0 fully saturated rings. The van der Waals surface area contributed by atoms with E-state index in [0.29, 0.717) is 12.1 Å². The fourth-order valence-electron chi connectivity index (χ4n) is 3.04. The summed E-state index contributed by atoms with van der Waals surface area (Å²) in [5.74, 6) is -7.01. The van der Waals surface area contributed by atoms with Crippen LogP contribution in [0.1, 0.15) is 15.9 Å². The van der Waals surface area contributed by atoms with Crippen molar-refractivity contribution in [1.82, 2.24) is 5.48 Å². The van der Waals surface area contributed by atoms with Gasteiger partial charge in [-0.2, -0.15) is 39.5 Å². The van der Waals surface area contributed by atoms with Crippen LogP contribution in [0.4, 0.5) is 64.1 Å². The number of rotatable bonds is 7. The summed E-state index contributed by atoms with van der Waals surface area (Å²) in [6, 6.07) is -0.0614. The lowest BCUT2D eigenvalue weighted by atomic mass is 9.77. The number of halogens is 12. The van der Waals surface area contributed by atoms with Crippen molar-refractivity contribution < 1.29 is 67.4 Å². The lowest BCUT2D eigenvalue weighted by Crippen LogP contribution is -2.63. The Bertz CT molecular complexity index is 1080. The Morgan fingerprint density at radius 3 is 1.86 bits per heavy atom. The summed E-state index contributed by atoms with van der Waals surface area (Å²) in [6.45, 7) is -1.05. The van der Waals surface area contributed by atoms with E-state index in [1.54, 1.807) is 10.8 Å². The maximum atomic E-state index is 14.5. The Morgan fingerprint density at radius 1 is 0.833 bits per heavy atom. The zero-order valence-corrected chi connectivity index (χ0v) is 17.1. The van der Waals surface area contributed by atoms with E-state index >= 15 is 0 Å². The van der Waals surface area contributed by atoms with Gasteiger partial charge in [-0.3, -0.25) is 9.63 Å². The fraction of sp³-hybridized carbons (Fsp3) is 0.316. The highest BCUT2D eigenvalue weighted by Gasteiger charge is 2.84. The van der Waals surface area contributed by atoms with Crippen molar-refractivity contribution in [3.63, 3.8) is 0 Å². The number of benzene rings is 2. The van der Waals surface area contributed by atoms with E-state index in [9.17, 15) is 57.5 Å². The topological polar surface area (TPSA) is 70.6 Å². The van der Waals surface area contributed by atoms with E-state index < -0.39 is 89.1 Å². The minimum absolute atomic E-state index is 0.0169. The standard InChI is InChI=1S/C19H12F12N2O3/c20-10-3-2-9(15(35)33-36-6-5-34)14(13(10)22)32-12-4-1-8(7-11(12)21)16(17(23,24)25,18(26,27)28)19(29,30)31/h1-4,7,32,34H,5-6H2,(H,33,35). The second kappa shape index (κ2) is 10.0. The number of nitrogens with one attached hydrogen (secondary N) is 2. The van der Waals surface area contributed by atoms with Gasteiger partial charge in [0.25, 0.3) is 11.3 Å². The molecule has 0 aromatic heterocycles. The molecule has 0 unspecified atom stereocenters. The van der Waals surface area contributed by atoms with Gasteiger partial charge in [0.1, 0.15) is 5.82 Å². The molecular weight excluding hydrogens is 532 g/mol. The van der Waals surface area contributed by atoms with Crippen LogP contribution in [-0.4, -0.2) is 42.8 Å². The SMILES string of the molecule is O=C(NOCCO)c1ccc(F)c(F)c1Nc1ccc(C(C(F)(F)F)(C(F)(F)F)C(F)(F)F)cc1F. The molecule has 0 aliphatic carbocycles. The number of aliphatic hydroxyl groups excluding tert-OH is 1. The third-order valence-electron chi connectivity index (χ3n) is 4.64. The summed E-state index contributed by atoms with van der Waals surface area (Å²) in [5, 5.41) is 10.3. The summed E-state index contributed by atoms with van der Waals surface area (Å²) in [5.41, 5.74) is -10.6. The molecular formula is C19H12F12N2O3. The summed E-state index contributed by atoms with van der Waals surface area (Å²) >= 11 is 0. The highest BCUT2D eigenvalue weighted by molar-refractivity contribution is 6.00. The molecule has 0 heterocycles. The number of hydroxylamine groups is 1. The molecule has 0 aliphatic heterocycles. The van der Waals surface area contributed by atoms with E-state index in [0.717, 1.165) is 0 Å². The van der Waals surface area contributed by atoms with Crippen molar-refractivity contribution >= 4 is 17.3 Å². The van der Waals surface area contributed by atoms with E-state index in [1.165, 1.54) is 0 Å². The minimum atomic E-state index is -7.01. The summed E-state index contributed by atoms with van der Waals surface area (Å²) in [4.78, 5) is 16.5. The number of alkyl halides is 9. The van der Waals surface area contributed by atoms with Crippen molar-refractivity contribution in [3.8, 4) is 0 Å². The molecule has 0 aliphatic rings.